The number of piperidine rings is 1. The third-order valence-corrected chi connectivity index (χ3v) is 4.24. The van der Waals surface area contributed by atoms with E-state index in [0.717, 1.165) is 32.0 Å². The van der Waals surface area contributed by atoms with Gasteiger partial charge in [-0.15, -0.1) is 0 Å². The van der Waals surface area contributed by atoms with Crippen LogP contribution in [0.3, 0.4) is 0 Å². The summed E-state index contributed by atoms with van der Waals surface area (Å²) in [6, 6.07) is 4.62. The first kappa shape index (κ1) is 16.8. The van der Waals surface area contributed by atoms with Crippen LogP contribution in [0.25, 0.3) is 0 Å². The molecule has 0 aliphatic carbocycles. The van der Waals surface area contributed by atoms with Gasteiger partial charge < -0.3 is 5.32 Å². The lowest BCUT2D eigenvalue weighted by molar-refractivity contribution is -0.137. The van der Waals surface area contributed by atoms with E-state index in [2.05, 4.69) is 12.2 Å². The first-order valence-electron chi connectivity index (χ1n) is 7.50. The van der Waals surface area contributed by atoms with E-state index in [1.165, 1.54) is 18.2 Å². The standard InChI is InChI=1S/C16H21F3N2O/c1-11-7-9-21(10-8-11)12(2)15(22)20-14-6-4-3-5-13(14)16(17,18)19/h3-6,11-12H,7-10H2,1-2H3,(H,20,22)/t12-/m0/s1. The second kappa shape index (κ2) is 6.69. The van der Waals surface area contributed by atoms with Crippen molar-refractivity contribution in [1.29, 1.82) is 0 Å². The lowest BCUT2D eigenvalue weighted by Gasteiger charge is -2.34. The minimum absolute atomic E-state index is 0.183. The van der Waals surface area contributed by atoms with Gasteiger partial charge in [-0.3, -0.25) is 9.69 Å². The molecular weight excluding hydrogens is 293 g/mol. The quantitative estimate of drug-likeness (QED) is 0.921. The van der Waals surface area contributed by atoms with E-state index in [1.54, 1.807) is 6.92 Å². The van der Waals surface area contributed by atoms with Crippen molar-refractivity contribution in [2.75, 3.05) is 18.4 Å². The lowest BCUT2D eigenvalue weighted by atomic mass is 9.98. The van der Waals surface area contributed by atoms with Crippen LogP contribution < -0.4 is 5.32 Å². The highest BCUT2D eigenvalue weighted by molar-refractivity contribution is 5.95. The average molecular weight is 314 g/mol. The van der Waals surface area contributed by atoms with Gasteiger partial charge in [0.25, 0.3) is 0 Å². The molecule has 1 saturated heterocycles. The van der Waals surface area contributed by atoms with Crippen molar-refractivity contribution in [3.8, 4) is 0 Å². The van der Waals surface area contributed by atoms with Gasteiger partial charge in [0.15, 0.2) is 0 Å². The zero-order valence-corrected chi connectivity index (χ0v) is 12.8. The monoisotopic (exact) mass is 314 g/mol. The number of halogens is 3. The van der Waals surface area contributed by atoms with Crippen LogP contribution in [0.4, 0.5) is 18.9 Å². The van der Waals surface area contributed by atoms with Crippen molar-refractivity contribution in [3.63, 3.8) is 0 Å². The summed E-state index contributed by atoms with van der Waals surface area (Å²) in [7, 11) is 0. The molecule has 0 bridgehead atoms. The fourth-order valence-electron chi connectivity index (χ4n) is 2.66. The molecule has 1 aromatic rings. The molecule has 122 valence electrons. The highest BCUT2D eigenvalue weighted by atomic mass is 19.4. The van der Waals surface area contributed by atoms with Crippen LogP contribution in [0.2, 0.25) is 0 Å². The second-order valence-electron chi connectivity index (χ2n) is 5.93. The molecule has 0 radical (unpaired) electrons. The Kier molecular flexibility index (Phi) is 5.11. The Bertz CT molecular complexity index is 522. The number of alkyl halides is 3. The maximum atomic E-state index is 12.9. The van der Waals surface area contributed by atoms with Gasteiger partial charge in [-0.2, -0.15) is 13.2 Å². The van der Waals surface area contributed by atoms with Crippen molar-refractivity contribution in [2.24, 2.45) is 5.92 Å². The summed E-state index contributed by atoms with van der Waals surface area (Å²) >= 11 is 0. The van der Waals surface area contributed by atoms with Crippen molar-refractivity contribution in [1.82, 2.24) is 4.90 Å². The van der Waals surface area contributed by atoms with Gasteiger partial charge >= 0.3 is 6.18 Å². The van der Waals surface area contributed by atoms with Crippen LogP contribution in [-0.4, -0.2) is 29.9 Å². The predicted octanol–water partition coefficient (Wildman–Crippen LogP) is 3.76. The molecule has 1 fully saturated rings. The Morgan fingerprint density at radius 1 is 1.27 bits per heavy atom. The molecular formula is C16H21F3N2O. The molecule has 0 unspecified atom stereocenters. The van der Waals surface area contributed by atoms with Gasteiger partial charge in [0.05, 0.1) is 17.3 Å². The van der Waals surface area contributed by atoms with Crippen molar-refractivity contribution in [3.05, 3.63) is 29.8 Å². The number of hydrogen-bond donors (Lipinski definition) is 1. The number of anilines is 1. The van der Waals surface area contributed by atoms with Crippen LogP contribution in [0.5, 0.6) is 0 Å². The Morgan fingerprint density at radius 3 is 2.45 bits per heavy atom. The van der Waals surface area contributed by atoms with Gasteiger partial charge in [-0.1, -0.05) is 19.1 Å². The first-order valence-corrected chi connectivity index (χ1v) is 7.50. The Hall–Kier alpha value is -1.56. The number of likely N-dealkylation sites (tertiary alicyclic amines) is 1. The zero-order chi connectivity index (χ0) is 16.3. The van der Waals surface area contributed by atoms with Gasteiger partial charge in [-0.25, -0.2) is 0 Å². The maximum Gasteiger partial charge on any atom is 0.418 e. The third kappa shape index (κ3) is 4.00. The summed E-state index contributed by atoms with van der Waals surface area (Å²) in [4.78, 5) is 14.3. The number of hydrogen-bond acceptors (Lipinski definition) is 2. The minimum Gasteiger partial charge on any atom is -0.324 e. The number of amides is 1. The summed E-state index contributed by atoms with van der Waals surface area (Å²) in [5.41, 5.74) is -1.000. The number of nitrogens with one attached hydrogen (secondary N) is 1. The predicted molar refractivity (Wildman–Crippen MR) is 79.5 cm³/mol. The van der Waals surface area contributed by atoms with Gasteiger partial charge in [0.2, 0.25) is 5.91 Å². The normalized spacial score (nSPS) is 19.0. The number of nitrogens with zero attached hydrogens (tertiary/aromatic N) is 1. The second-order valence-corrected chi connectivity index (χ2v) is 5.93. The summed E-state index contributed by atoms with van der Waals surface area (Å²) in [6.07, 6.45) is -2.46. The van der Waals surface area contributed by atoms with E-state index in [1.807, 2.05) is 4.90 Å². The lowest BCUT2D eigenvalue weighted by Crippen LogP contribution is -2.45. The SMILES string of the molecule is CC1CCN([C@@H](C)C(=O)Nc2ccccc2C(F)(F)F)CC1. The largest absolute Gasteiger partial charge is 0.418 e. The molecule has 22 heavy (non-hydrogen) atoms. The molecule has 3 nitrogen and oxygen atoms in total. The van der Waals surface area contributed by atoms with Crippen molar-refractivity contribution >= 4 is 11.6 Å². The van der Waals surface area contributed by atoms with Crippen LogP contribution in [0.1, 0.15) is 32.3 Å². The Morgan fingerprint density at radius 2 is 1.86 bits per heavy atom. The third-order valence-electron chi connectivity index (χ3n) is 4.24. The molecule has 0 aromatic heterocycles. The molecule has 1 amide bonds. The molecule has 1 N–H and O–H groups in total. The van der Waals surface area contributed by atoms with Gasteiger partial charge in [-0.05, 0) is 50.9 Å². The van der Waals surface area contributed by atoms with Crippen molar-refractivity contribution < 1.29 is 18.0 Å². The highest BCUT2D eigenvalue weighted by Crippen LogP contribution is 2.34. The van der Waals surface area contributed by atoms with E-state index < -0.39 is 23.7 Å². The van der Waals surface area contributed by atoms with Gasteiger partial charge in [0.1, 0.15) is 0 Å². The number of rotatable bonds is 3. The van der Waals surface area contributed by atoms with Crippen molar-refractivity contribution in [2.45, 2.75) is 38.9 Å². The number of carbonyl (C=O) groups excluding carboxylic acids is 1. The summed E-state index contributed by atoms with van der Waals surface area (Å²) in [5, 5.41) is 2.42. The number of benzene rings is 1. The molecule has 2 rings (SSSR count). The van der Waals surface area contributed by atoms with Crippen LogP contribution in [0, 0.1) is 5.92 Å². The van der Waals surface area contributed by atoms with E-state index in [4.69, 9.17) is 0 Å². The fraction of sp³-hybridized carbons (Fsp3) is 0.562. The van der Waals surface area contributed by atoms with E-state index in [-0.39, 0.29) is 5.69 Å². The van der Waals surface area contributed by atoms with Crippen LogP contribution in [-0.2, 0) is 11.0 Å². The molecule has 1 aliphatic rings. The summed E-state index contributed by atoms with van der Waals surface area (Å²) in [5.74, 6) is 0.240. The molecule has 1 atom stereocenters. The molecule has 1 heterocycles. The highest BCUT2D eigenvalue weighted by Gasteiger charge is 2.34. The summed E-state index contributed by atoms with van der Waals surface area (Å²) in [6.45, 7) is 5.51. The van der Waals surface area contributed by atoms with E-state index in [0.29, 0.717) is 5.92 Å². The smallest absolute Gasteiger partial charge is 0.324 e. The van der Waals surface area contributed by atoms with E-state index >= 15 is 0 Å². The molecule has 1 aliphatic heterocycles. The number of para-hydroxylation sites is 1. The Balaban J connectivity index is 2.06. The first-order chi connectivity index (χ1) is 10.3. The Labute approximate surface area is 128 Å². The fourth-order valence-corrected chi connectivity index (χ4v) is 2.66. The van der Waals surface area contributed by atoms with E-state index in [9.17, 15) is 18.0 Å². The maximum absolute atomic E-state index is 12.9. The van der Waals surface area contributed by atoms with Crippen LogP contribution in [0.15, 0.2) is 24.3 Å². The molecule has 0 saturated carbocycles. The van der Waals surface area contributed by atoms with Crippen LogP contribution >= 0.6 is 0 Å². The average Bonchev–Trinajstić information content (AvgIpc) is 2.46. The minimum atomic E-state index is -4.48. The molecule has 1 aromatic carbocycles. The zero-order valence-electron chi connectivity index (χ0n) is 12.8. The molecule has 0 spiro atoms. The topological polar surface area (TPSA) is 32.3 Å². The molecule has 6 heteroatoms. The van der Waals surface area contributed by atoms with Gasteiger partial charge in [0, 0.05) is 0 Å². The number of carbonyl (C=O) groups is 1. The summed E-state index contributed by atoms with van der Waals surface area (Å²) < 4.78 is 38.8.